The van der Waals surface area contributed by atoms with Crippen LogP contribution in [0.2, 0.25) is 0 Å². The predicted molar refractivity (Wildman–Crippen MR) is 77.5 cm³/mol. The van der Waals surface area contributed by atoms with E-state index in [1.54, 1.807) is 13.2 Å². The van der Waals surface area contributed by atoms with Crippen LogP contribution in [0.15, 0.2) is 36.4 Å². The maximum Gasteiger partial charge on any atom is 0.124 e. The number of methoxy groups -OCH3 is 1. The molecule has 0 heterocycles. The molecule has 0 amide bonds. The van der Waals surface area contributed by atoms with Crippen LogP contribution in [0.25, 0.3) is 0 Å². The van der Waals surface area contributed by atoms with Gasteiger partial charge in [-0.05, 0) is 60.4 Å². The highest BCUT2D eigenvalue weighted by molar-refractivity contribution is 5.44. The smallest absolute Gasteiger partial charge is 0.124 e. The molecule has 0 spiro atoms. The van der Waals surface area contributed by atoms with Crippen molar-refractivity contribution in [3.63, 3.8) is 0 Å². The van der Waals surface area contributed by atoms with E-state index >= 15 is 0 Å². The van der Waals surface area contributed by atoms with E-state index in [2.05, 4.69) is 0 Å². The fourth-order valence-electron chi connectivity index (χ4n) is 2.50. The molecule has 1 unspecified atom stereocenters. The van der Waals surface area contributed by atoms with Crippen molar-refractivity contribution in [1.82, 2.24) is 0 Å². The summed E-state index contributed by atoms with van der Waals surface area (Å²) in [6.45, 7) is 3.90. The van der Waals surface area contributed by atoms with E-state index in [0.717, 1.165) is 28.0 Å². The number of ether oxygens (including phenoxy) is 1. The van der Waals surface area contributed by atoms with Gasteiger partial charge in [0, 0.05) is 6.42 Å². The fourth-order valence-corrected chi connectivity index (χ4v) is 2.50. The van der Waals surface area contributed by atoms with E-state index in [9.17, 15) is 9.50 Å². The molecular formula is C17H19FO2. The highest BCUT2D eigenvalue weighted by atomic mass is 19.1. The Labute approximate surface area is 118 Å². The number of aryl methyl sites for hydroxylation is 2. The Balaban J connectivity index is 2.23. The monoisotopic (exact) mass is 274 g/mol. The van der Waals surface area contributed by atoms with Crippen LogP contribution in [0.1, 0.15) is 28.4 Å². The molecule has 20 heavy (non-hydrogen) atoms. The van der Waals surface area contributed by atoms with Crippen LogP contribution in [-0.2, 0) is 6.42 Å². The normalized spacial score (nSPS) is 12.2. The van der Waals surface area contributed by atoms with Crippen LogP contribution in [0, 0.1) is 19.7 Å². The molecule has 2 rings (SSSR count). The Morgan fingerprint density at radius 3 is 2.35 bits per heavy atom. The molecule has 3 heteroatoms. The Kier molecular flexibility index (Phi) is 4.40. The molecule has 0 bridgehead atoms. The highest BCUT2D eigenvalue weighted by Gasteiger charge is 2.13. The molecule has 0 fully saturated rings. The summed E-state index contributed by atoms with van der Waals surface area (Å²) in [6.07, 6.45) is -0.261. The van der Waals surface area contributed by atoms with Crippen LogP contribution in [0.3, 0.4) is 0 Å². The lowest BCUT2D eigenvalue weighted by Crippen LogP contribution is -2.04. The highest BCUT2D eigenvalue weighted by Crippen LogP contribution is 2.28. The lowest BCUT2D eigenvalue weighted by molar-refractivity contribution is 0.178. The standard InChI is InChI=1S/C17H19FO2/c1-11-7-14(8-12(2)17(11)20-3)16(19)10-13-5-4-6-15(18)9-13/h4-9,16,19H,10H2,1-3H3. The molecule has 1 atom stereocenters. The van der Waals surface area contributed by atoms with Crippen molar-refractivity contribution in [3.8, 4) is 5.75 Å². The molecule has 0 aliphatic carbocycles. The van der Waals surface area contributed by atoms with Crippen LogP contribution in [0.5, 0.6) is 5.75 Å². The Hall–Kier alpha value is -1.87. The van der Waals surface area contributed by atoms with Gasteiger partial charge < -0.3 is 9.84 Å². The largest absolute Gasteiger partial charge is 0.496 e. The molecule has 0 saturated carbocycles. The Bertz CT molecular complexity index is 585. The van der Waals surface area contributed by atoms with Gasteiger partial charge in [0.1, 0.15) is 11.6 Å². The average molecular weight is 274 g/mol. The van der Waals surface area contributed by atoms with Crippen molar-refractivity contribution in [1.29, 1.82) is 0 Å². The Morgan fingerprint density at radius 1 is 1.15 bits per heavy atom. The minimum absolute atomic E-state index is 0.281. The molecule has 106 valence electrons. The van der Waals surface area contributed by atoms with Gasteiger partial charge in [0.2, 0.25) is 0 Å². The van der Waals surface area contributed by atoms with E-state index in [0.29, 0.717) is 6.42 Å². The number of benzene rings is 2. The molecule has 1 N–H and O–H groups in total. The third kappa shape index (κ3) is 3.17. The lowest BCUT2D eigenvalue weighted by atomic mass is 9.97. The van der Waals surface area contributed by atoms with Crippen molar-refractivity contribution in [2.24, 2.45) is 0 Å². The van der Waals surface area contributed by atoms with Crippen molar-refractivity contribution in [3.05, 3.63) is 64.5 Å². The number of halogens is 1. The van der Waals surface area contributed by atoms with Gasteiger partial charge in [0.25, 0.3) is 0 Å². The quantitative estimate of drug-likeness (QED) is 0.920. The van der Waals surface area contributed by atoms with Crippen LogP contribution >= 0.6 is 0 Å². The van der Waals surface area contributed by atoms with Crippen LogP contribution in [0.4, 0.5) is 4.39 Å². The van der Waals surface area contributed by atoms with E-state index in [-0.39, 0.29) is 5.82 Å². The topological polar surface area (TPSA) is 29.5 Å². The maximum atomic E-state index is 13.1. The number of aliphatic hydroxyl groups excluding tert-OH is 1. The van der Waals surface area contributed by atoms with Gasteiger partial charge in [-0.1, -0.05) is 12.1 Å². The summed E-state index contributed by atoms with van der Waals surface area (Å²) in [4.78, 5) is 0. The third-order valence-electron chi connectivity index (χ3n) is 3.39. The van der Waals surface area contributed by atoms with Crippen molar-refractivity contribution in [2.45, 2.75) is 26.4 Å². The fraction of sp³-hybridized carbons (Fsp3) is 0.294. The summed E-state index contributed by atoms with van der Waals surface area (Å²) in [6, 6.07) is 10.1. The van der Waals surface area contributed by atoms with Crippen LogP contribution in [-0.4, -0.2) is 12.2 Å². The second-order valence-corrected chi connectivity index (χ2v) is 5.04. The van der Waals surface area contributed by atoms with Crippen molar-refractivity contribution >= 4 is 0 Å². The second-order valence-electron chi connectivity index (χ2n) is 5.04. The first-order chi connectivity index (χ1) is 9.51. The number of aliphatic hydroxyl groups is 1. The van der Waals surface area contributed by atoms with Crippen molar-refractivity contribution < 1.29 is 14.2 Å². The van der Waals surface area contributed by atoms with Crippen molar-refractivity contribution in [2.75, 3.05) is 7.11 Å². The zero-order valence-corrected chi connectivity index (χ0v) is 12.0. The first-order valence-electron chi connectivity index (χ1n) is 6.59. The van der Waals surface area contributed by atoms with Gasteiger partial charge in [0.05, 0.1) is 13.2 Å². The Morgan fingerprint density at radius 2 is 1.80 bits per heavy atom. The summed E-state index contributed by atoms with van der Waals surface area (Å²) >= 11 is 0. The molecule has 2 aromatic rings. The van der Waals surface area contributed by atoms with Gasteiger partial charge in [-0.15, -0.1) is 0 Å². The molecular weight excluding hydrogens is 255 g/mol. The van der Waals surface area contributed by atoms with E-state index in [1.807, 2.05) is 32.0 Å². The van der Waals surface area contributed by atoms with Gasteiger partial charge in [-0.3, -0.25) is 0 Å². The summed E-state index contributed by atoms with van der Waals surface area (Å²) in [5, 5.41) is 10.3. The summed E-state index contributed by atoms with van der Waals surface area (Å²) in [5.74, 6) is 0.559. The maximum absolute atomic E-state index is 13.1. The molecule has 0 aliphatic heterocycles. The number of hydrogen-bond donors (Lipinski definition) is 1. The molecule has 0 aromatic heterocycles. The molecule has 0 saturated heterocycles. The summed E-state index contributed by atoms with van der Waals surface area (Å²) in [7, 11) is 1.64. The zero-order chi connectivity index (χ0) is 14.7. The molecule has 0 aliphatic rings. The SMILES string of the molecule is COc1c(C)cc(C(O)Cc2cccc(F)c2)cc1C. The van der Waals surface area contributed by atoms with Gasteiger partial charge >= 0.3 is 0 Å². The lowest BCUT2D eigenvalue weighted by Gasteiger charge is -2.16. The van der Waals surface area contributed by atoms with E-state index in [1.165, 1.54) is 12.1 Å². The van der Waals surface area contributed by atoms with E-state index < -0.39 is 6.10 Å². The number of hydrogen-bond acceptors (Lipinski definition) is 2. The molecule has 0 radical (unpaired) electrons. The van der Waals surface area contributed by atoms with Crippen LogP contribution < -0.4 is 4.74 Å². The first kappa shape index (κ1) is 14.5. The number of rotatable bonds is 4. The molecule has 2 aromatic carbocycles. The minimum atomic E-state index is -0.653. The van der Waals surface area contributed by atoms with E-state index in [4.69, 9.17) is 4.74 Å². The first-order valence-corrected chi connectivity index (χ1v) is 6.59. The second kappa shape index (κ2) is 6.06. The van der Waals surface area contributed by atoms with Gasteiger partial charge in [-0.2, -0.15) is 0 Å². The van der Waals surface area contributed by atoms with Gasteiger partial charge in [0.15, 0.2) is 0 Å². The third-order valence-corrected chi connectivity index (χ3v) is 3.39. The summed E-state index contributed by atoms with van der Waals surface area (Å²) in [5.41, 5.74) is 3.58. The predicted octanol–water partition coefficient (Wildman–Crippen LogP) is 3.73. The average Bonchev–Trinajstić information content (AvgIpc) is 2.38. The van der Waals surface area contributed by atoms with Gasteiger partial charge in [-0.25, -0.2) is 4.39 Å². The molecule has 2 nitrogen and oxygen atoms in total. The summed E-state index contributed by atoms with van der Waals surface area (Å²) < 4.78 is 18.5. The minimum Gasteiger partial charge on any atom is -0.496 e. The zero-order valence-electron chi connectivity index (χ0n) is 12.0.